The highest BCUT2D eigenvalue weighted by Gasteiger charge is 2.39. The minimum atomic E-state index is 0.114. The SMILES string of the molecule is C=C(C)C(=O)CC1=C(CC(=O)C(=C)C)C2CCC1C2. The number of hydrogen-bond donors (Lipinski definition) is 0. The van der Waals surface area contributed by atoms with E-state index in [1.165, 1.54) is 24.0 Å². The molecule has 0 aromatic carbocycles. The van der Waals surface area contributed by atoms with E-state index < -0.39 is 0 Å². The summed E-state index contributed by atoms with van der Waals surface area (Å²) >= 11 is 0. The van der Waals surface area contributed by atoms with Crippen molar-refractivity contribution < 1.29 is 9.59 Å². The molecule has 2 heteroatoms. The molecule has 2 aliphatic rings. The molecule has 0 heterocycles. The molecule has 0 aliphatic heterocycles. The van der Waals surface area contributed by atoms with E-state index in [1.54, 1.807) is 13.8 Å². The Morgan fingerprint density at radius 2 is 1.32 bits per heavy atom. The van der Waals surface area contributed by atoms with Gasteiger partial charge in [-0.15, -0.1) is 0 Å². The van der Waals surface area contributed by atoms with Crippen LogP contribution in [0.5, 0.6) is 0 Å². The van der Waals surface area contributed by atoms with E-state index in [-0.39, 0.29) is 11.6 Å². The topological polar surface area (TPSA) is 34.1 Å². The molecular formula is C17H22O2. The van der Waals surface area contributed by atoms with Gasteiger partial charge in [-0.25, -0.2) is 0 Å². The molecule has 0 radical (unpaired) electrons. The van der Waals surface area contributed by atoms with E-state index in [1.807, 2.05) is 0 Å². The zero-order chi connectivity index (χ0) is 14.2. The van der Waals surface area contributed by atoms with Crippen molar-refractivity contribution in [2.75, 3.05) is 0 Å². The summed E-state index contributed by atoms with van der Waals surface area (Å²) in [5, 5.41) is 0. The van der Waals surface area contributed by atoms with Gasteiger partial charge < -0.3 is 0 Å². The first-order chi connectivity index (χ1) is 8.90. The van der Waals surface area contributed by atoms with Crippen LogP contribution in [-0.2, 0) is 9.59 Å². The van der Waals surface area contributed by atoms with Gasteiger partial charge in [0.05, 0.1) is 0 Å². The summed E-state index contributed by atoms with van der Waals surface area (Å²) in [6.45, 7) is 11.0. The van der Waals surface area contributed by atoms with Crippen LogP contribution in [0.2, 0.25) is 0 Å². The lowest BCUT2D eigenvalue weighted by molar-refractivity contribution is -0.116. The monoisotopic (exact) mass is 258 g/mol. The molecule has 0 spiro atoms. The van der Waals surface area contributed by atoms with Crippen molar-refractivity contribution in [2.24, 2.45) is 11.8 Å². The fourth-order valence-corrected chi connectivity index (χ4v) is 3.30. The van der Waals surface area contributed by atoms with Gasteiger partial charge in [-0.2, -0.15) is 0 Å². The van der Waals surface area contributed by atoms with Crippen molar-refractivity contribution in [1.29, 1.82) is 0 Å². The van der Waals surface area contributed by atoms with Crippen LogP contribution in [0.3, 0.4) is 0 Å². The first-order valence-corrected chi connectivity index (χ1v) is 6.99. The number of rotatable bonds is 6. The summed E-state index contributed by atoms with van der Waals surface area (Å²) < 4.78 is 0. The van der Waals surface area contributed by atoms with Crippen LogP contribution in [0, 0.1) is 11.8 Å². The van der Waals surface area contributed by atoms with E-state index in [0.29, 0.717) is 35.8 Å². The first-order valence-electron chi connectivity index (χ1n) is 6.99. The zero-order valence-electron chi connectivity index (χ0n) is 11.9. The third-order valence-electron chi connectivity index (χ3n) is 4.48. The lowest BCUT2D eigenvalue weighted by atomic mass is 9.85. The lowest BCUT2D eigenvalue weighted by Crippen LogP contribution is -2.12. The van der Waals surface area contributed by atoms with Crippen LogP contribution in [-0.4, -0.2) is 11.6 Å². The second-order valence-electron chi connectivity index (χ2n) is 6.02. The number of hydrogen-bond acceptors (Lipinski definition) is 2. The van der Waals surface area contributed by atoms with E-state index >= 15 is 0 Å². The van der Waals surface area contributed by atoms with Crippen LogP contribution in [0.25, 0.3) is 0 Å². The van der Waals surface area contributed by atoms with Crippen LogP contribution < -0.4 is 0 Å². The number of ketones is 2. The molecule has 2 atom stereocenters. The highest BCUT2D eigenvalue weighted by Crippen LogP contribution is 2.51. The number of fused-ring (bicyclic) bond motifs is 2. The van der Waals surface area contributed by atoms with Gasteiger partial charge in [-0.05, 0) is 56.1 Å². The maximum Gasteiger partial charge on any atom is 0.162 e. The average molecular weight is 258 g/mol. The van der Waals surface area contributed by atoms with Crippen LogP contribution in [0.1, 0.15) is 46.0 Å². The van der Waals surface area contributed by atoms with Gasteiger partial charge in [0.25, 0.3) is 0 Å². The highest BCUT2D eigenvalue weighted by atomic mass is 16.1. The zero-order valence-corrected chi connectivity index (χ0v) is 11.9. The number of Topliss-reactive ketones (excluding diaryl/α,β-unsaturated/α-hetero) is 2. The Kier molecular flexibility index (Phi) is 3.88. The molecular weight excluding hydrogens is 236 g/mol. The third-order valence-corrected chi connectivity index (χ3v) is 4.48. The molecule has 2 nitrogen and oxygen atoms in total. The summed E-state index contributed by atoms with van der Waals surface area (Å²) in [7, 11) is 0. The minimum absolute atomic E-state index is 0.114. The van der Waals surface area contributed by atoms with Gasteiger partial charge in [-0.1, -0.05) is 24.3 Å². The van der Waals surface area contributed by atoms with E-state index in [0.717, 1.165) is 6.42 Å². The highest BCUT2D eigenvalue weighted by molar-refractivity contribution is 5.97. The second kappa shape index (κ2) is 5.28. The van der Waals surface area contributed by atoms with Gasteiger partial charge in [0.1, 0.15) is 0 Å². The largest absolute Gasteiger partial charge is 0.294 e. The molecule has 0 amide bonds. The molecule has 0 saturated heterocycles. The van der Waals surface area contributed by atoms with Crippen LogP contribution in [0.15, 0.2) is 35.5 Å². The van der Waals surface area contributed by atoms with Crippen molar-refractivity contribution in [3.8, 4) is 0 Å². The van der Waals surface area contributed by atoms with Crippen molar-refractivity contribution in [2.45, 2.75) is 46.0 Å². The molecule has 2 bridgehead atoms. The maximum atomic E-state index is 11.9. The summed E-state index contributed by atoms with van der Waals surface area (Å²) in [6.07, 6.45) is 4.42. The Morgan fingerprint density at radius 3 is 1.63 bits per heavy atom. The molecule has 1 fully saturated rings. The molecule has 1 saturated carbocycles. The van der Waals surface area contributed by atoms with Crippen molar-refractivity contribution in [1.82, 2.24) is 0 Å². The molecule has 2 rings (SSSR count). The number of carbonyl (C=O) groups is 2. The van der Waals surface area contributed by atoms with E-state index in [4.69, 9.17) is 0 Å². The van der Waals surface area contributed by atoms with E-state index in [9.17, 15) is 9.59 Å². The van der Waals surface area contributed by atoms with Gasteiger partial charge in [0.15, 0.2) is 11.6 Å². The van der Waals surface area contributed by atoms with Crippen molar-refractivity contribution >= 4 is 11.6 Å². The molecule has 19 heavy (non-hydrogen) atoms. The van der Waals surface area contributed by atoms with Gasteiger partial charge >= 0.3 is 0 Å². The summed E-state index contributed by atoms with van der Waals surface area (Å²) in [5.74, 6) is 1.29. The summed E-state index contributed by atoms with van der Waals surface area (Å²) in [6, 6.07) is 0. The van der Waals surface area contributed by atoms with Crippen molar-refractivity contribution in [3.05, 3.63) is 35.5 Å². The predicted octanol–water partition coefficient (Wildman–Crippen LogP) is 3.78. The van der Waals surface area contributed by atoms with Gasteiger partial charge in [0, 0.05) is 12.8 Å². The summed E-state index contributed by atoms with van der Waals surface area (Å²) in [5.41, 5.74) is 3.69. The van der Waals surface area contributed by atoms with Gasteiger partial charge in [0.2, 0.25) is 0 Å². The smallest absolute Gasteiger partial charge is 0.162 e. The van der Waals surface area contributed by atoms with Gasteiger partial charge in [-0.3, -0.25) is 9.59 Å². The molecule has 0 aromatic rings. The molecule has 0 N–H and O–H groups in total. The summed E-state index contributed by atoms with van der Waals surface area (Å²) in [4.78, 5) is 23.8. The predicted molar refractivity (Wildman–Crippen MR) is 76.7 cm³/mol. The Hall–Kier alpha value is -1.44. The fourth-order valence-electron chi connectivity index (χ4n) is 3.30. The fraction of sp³-hybridized carbons (Fsp3) is 0.529. The van der Waals surface area contributed by atoms with Crippen LogP contribution in [0.4, 0.5) is 0 Å². The maximum absolute atomic E-state index is 11.9. The Balaban J connectivity index is 2.21. The molecule has 2 unspecified atom stereocenters. The number of allylic oxidation sites excluding steroid dienone is 4. The third kappa shape index (κ3) is 2.78. The normalized spacial score (nSPS) is 24.7. The quantitative estimate of drug-likeness (QED) is 0.536. The van der Waals surface area contributed by atoms with Crippen LogP contribution >= 0.6 is 0 Å². The standard InChI is InChI=1S/C17H22O2/c1-10(2)16(18)8-14-12-5-6-13(7-12)15(14)9-17(19)11(3)4/h12-13H,1,3,5-9H2,2,4H3. The Labute approximate surface area is 115 Å². The number of carbonyl (C=O) groups excluding carboxylic acids is 2. The second-order valence-corrected chi connectivity index (χ2v) is 6.02. The molecule has 0 aromatic heterocycles. The minimum Gasteiger partial charge on any atom is -0.294 e. The first kappa shape index (κ1) is 14.0. The molecule has 2 aliphatic carbocycles. The average Bonchev–Trinajstić information content (AvgIpc) is 2.91. The van der Waals surface area contributed by atoms with E-state index in [2.05, 4.69) is 13.2 Å². The lowest BCUT2D eigenvalue weighted by Gasteiger charge is -2.19. The Bertz CT molecular complexity index is 449. The Morgan fingerprint density at radius 1 is 0.947 bits per heavy atom. The molecule has 102 valence electrons. The van der Waals surface area contributed by atoms with Crippen molar-refractivity contribution in [3.63, 3.8) is 0 Å².